The summed E-state index contributed by atoms with van der Waals surface area (Å²) in [6.07, 6.45) is 12.1. The van der Waals surface area contributed by atoms with Crippen molar-refractivity contribution in [2.24, 2.45) is 5.73 Å². The van der Waals surface area contributed by atoms with E-state index >= 15 is 0 Å². The maximum atomic E-state index is 9.60. The second-order valence-electron chi connectivity index (χ2n) is 6.31. The molecule has 0 radical (unpaired) electrons. The largest absolute Gasteiger partial charge is 0.508 e. The summed E-state index contributed by atoms with van der Waals surface area (Å²) < 4.78 is 0. The molecule has 0 spiro atoms. The van der Waals surface area contributed by atoms with Gasteiger partial charge >= 0.3 is 0 Å². The normalized spacial score (nSPS) is 11.3. The smallest absolute Gasteiger partial charge is 0.116 e. The number of hydrogen-bond donors (Lipinski definition) is 4. The summed E-state index contributed by atoms with van der Waals surface area (Å²) in [5, 5.41) is 14.2. The van der Waals surface area contributed by atoms with Crippen molar-refractivity contribution in [1.29, 1.82) is 0 Å². The number of hydrogen-bond acceptors (Lipinski definition) is 3. The van der Waals surface area contributed by atoms with Crippen LogP contribution in [0.2, 0.25) is 0 Å². The number of nitrogens with one attached hydrogen (secondary N) is 2. The van der Waals surface area contributed by atoms with Gasteiger partial charge in [-0.2, -0.15) is 0 Å². The lowest BCUT2D eigenvalue weighted by Gasteiger charge is -2.05. The zero-order valence-corrected chi connectivity index (χ0v) is 14.1. The molecule has 0 bridgehead atoms. The Hall–Kier alpha value is -1.52. The van der Waals surface area contributed by atoms with Crippen LogP contribution in [-0.4, -0.2) is 29.7 Å². The van der Waals surface area contributed by atoms with Gasteiger partial charge in [0.1, 0.15) is 5.75 Å². The zero-order chi connectivity index (χ0) is 16.3. The molecule has 4 nitrogen and oxygen atoms in total. The van der Waals surface area contributed by atoms with Gasteiger partial charge in [0.15, 0.2) is 0 Å². The van der Waals surface area contributed by atoms with E-state index in [9.17, 15) is 5.11 Å². The maximum absolute atomic E-state index is 9.60. The lowest BCUT2D eigenvalue weighted by Crippen LogP contribution is -2.18. The number of aromatic nitrogens is 1. The van der Waals surface area contributed by atoms with Crippen molar-refractivity contribution in [3.8, 4) is 5.75 Å². The van der Waals surface area contributed by atoms with Gasteiger partial charge in [0, 0.05) is 17.1 Å². The van der Waals surface area contributed by atoms with Crippen molar-refractivity contribution in [1.82, 2.24) is 10.3 Å². The van der Waals surface area contributed by atoms with Gasteiger partial charge in [0.2, 0.25) is 0 Å². The number of aromatic amines is 1. The molecule has 2 aromatic rings. The van der Waals surface area contributed by atoms with Gasteiger partial charge in [0.05, 0.1) is 0 Å². The second kappa shape index (κ2) is 10.3. The average Bonchev–Trinajstić information content (AvgIpc) is 2.95. The van der Waals surface area contributed by atoms with Crippen molar-refractivity contribution in [3.63, 3.8) is 0 Å². The Morgan fingerprint density at radius 1 is 0.957 bits per heavy atom. The standard InChI is InChI=1S/C19H31N3O/c20-11-6-4-2-1-3-5-7-12-21-13-10-16-15-22-19-9-8-17(23)14-18(16)19/h8-9,14-15,21-23H,1-7,10-13,20H2. The van der Waals surface area contributed by atoms with Gasteiger partial charge in [-0.15, -0.1) is 0 Å². The molecule has 0 saturated heterocycles. The van der Waals surface area contributed by atoms with Crippen LogP contribution < -0.4 is 11.1 Å². The van der Waals surface area contributed by atoms with Crippen LogP contribution in [0, 0.1) is 0 Å². The summed E-state index contributed by atoms with van der Waals surface area (Å²) in [7, 11) is 0. The number of rotatable bonds is 12. The summed E-state index contributed by atoms with van der Waals surface area (Å²) in [5.41, 5.74) is 7.85. The number of aromatic hydroxyl groups is 1. The molecule has 1 aromatic carbocycles. The van der Waals surface area contributed by atoms with E-state index < -0.39 is 0 Å². The van der Waals surface area contributed by atoms with Crippen LogP contribution in [-0.2, 0) is 6.42 Å². The van der Waals surface area contributed by atoms with Gasteiger partial charge in [-0.25, -0.2) is 0 Å². The first-order valence-corrected chi connectivity index (χ1v) is 9.01. The van der Waals surface area contributed by atoms with Crippen molar-refractivity contribution < 1.29 is 5.11 Å². The number of H-pyrrole nitrogens is 1. The van der Waals surface area contributed by atoms with Crippen LogP contribution in [0.15, 0.2) is 24.4 Å². The van der Waals surface area contributed by atoms with Crippen LogP contribution >= 0.6 is 0 Å². The summed E-state index contributed by atoms with van der Waals surface area (Å²) in [5.74, 6) is 0.331. The molecular formula is C19H31N3O. The van der Waals surface area contributed by atoms with Gasteiger partial charge < -0.3 is 21.1 Å². The molecule has 0 aliphatic rings. The molecule has 1 heterocycles. The molecule has 2 rings (SSSR count). The van der Waals surface area contributed by atoms with E-state index in [4.69, 9.17) is 5.73 Å². The van der Waals surface area contributed by atoms with Crippen LogP contribution in [0.25, 0.3) is 10.9 Å². The minimum atomic E-state index is 0.331. The average molecular weight is 317 g/mol. The predicted molar refractivity (Wildman–Crippen MR) is 97.9 cm³/mol. The fraction of sp³-hybridized carbons (Fsp3) is 0.579. The van der Waals surface area contributed by atoms with Gasteiger partial charge in [0.25, 0.3) is 0 Å². The summed E-state index contributed by atoms with van der Waals surface area (Å²) in [6, 6.07) is 5.48. The Labute approximate surface area is 139 Å². The lowest BCUT2D eigenvalue weighted by molar-refractivity contribution is 0.476. The topological polar surface area (TPSA) is 74.1 Å². The molecule has 0 unspecified atom stereocenters. The van der Waals surface area contributed by atoms with E-state index in [2.05, 4.69) is 10.3 Å². The van der Waals surface area contributed by atoms with Crippen molar-refractivity contribution in [2.45, 2.75) is 51.4 Å². The number of fused-ring (bicyclic) bond motifs is 1. The Balaban J connectivity index is 1.53. The van der Waals surface area contributed by atoms with Crippen LogP contribution in [0.1, 0.15) is 50.5 Å². The molecule has 23 heavy (non-hydrogen) atoms. The van der Waals surface area contributed by atoms with E-state index in [1.165, 1.54) is 50.5 Å². The molecule has 1 aromatic heterocycles. The summed E-state index contributed by atoms with van der Waals surface area (Å²) in [4.78, 5) is 3.26. The monoisotopic (exact) mass is 317 g/mol. The highest BCUT2D eigenvalue weighted by atomic mass is 16.3. The molecule has 5 N–H and O–H groups in total. The van der Waals surface area contributed by atoms with Crippen molar-refractivity contribution in [2.75, 3.05) is 19.6 Å². The van der Waals surface area contributed by atoms with E-state index in [0.717, 1.165) is 37.0 Å². The highest BCUT2D eigenvalue weighted by Gasteiger charge is 2.04. The first-order valence-electron chi connectivity index (χ1n) is 9.01. The molecule has 4 heteroatoms. The van der Waals surface area contributed by atoms with Gasteiger partial charge in [-0.05, 0) is 62.7 Å². The fourth-order valence-electron chi connectivity index (χ4n) is 3.00. The summed E-state index contributed by atoms with van der Waals surface area (Å²) >= 11 is 0. The molecule has 128 valence electrons. The third-order valence-electron chi connectivity index (χ3n) is 4.38. The predicted octanol–water partition coefficient (Wildman–Crippen LogP) is 3.70. The highest BCUT2D eigenvalue weighted by molar-refractivity contribution is 5.84. The Morgan fingerprint density at radius 2 is 1.70 bits per heavy atom. The van der Waals surface area contributed by atoms with Crippen molar-refractivity contribution in [3.05, 3.63) is 30.0 Å². The SMILES string of the molecule is NCCCCCCCCCNCCc1c[nH]c2ccc(O)cc12. The minimum absolute atomic E-state index is 0.331. The van der Waals surface area contributed by atoms with E-state index in [1.54, 1.807) is 6.07 Å². The van der Waals surface area contributed by atoms with Crippen LogP contribution in [0.4, 0.5) is 0 Å². The molecule has 0 atom stereocenters. The molecule has 0 aliphatic heterocycles. The zero-order valence-electron chi connectivity index (χ0n) is 14.1. The number of nitrogens with two attached hydrogens (primary N) is 1. The Bertz CT molecular complexity index is 565. The lowest BCUT2D eigenvalue weighted by atomic mass is 10.1. The Morgan fingerprint density at radius 3 is 2.48 bits per heavy atom. The minimum Gasteiger partial charge on any atom is -0.508 e. The van der Waals surface area contributed by atoms with Crippen LogP contribution in [0.3, 0.4) is 0 Å². The highest BCUT2D eigenvalue weighted by Crippen LogP contribution is 2.22. The van der Waals surface area contributed by atoms with E-state index in [-0.39, 0.29) is 0 Å². The first kappa shape index (κ1) is 17.8. The number of phenolic OH excluding ortho intramolecular Hbond substituents is 1. The number of phenols is 1. The number of benzene rings is 1. The van der Waals surface area contributed by atoms with Crippen molar-refractivity contribution >= 4 is 10.9 Å². The molecule has 0 aliphatic carbocycles. The van der Waals surface area contributed by atoms with Gasteiger partial charge in [-0.3, -0.25) is 0 Å². The molecular weight excluding hydrogens is 286 g/mol. The fourth-order valence-corrected chi connectivity index (χ4v) is 3.00. The molecule has 0 fully saturated rings. The quantitative estimate of drug-likeness (QED) is 0.451. The number of unbranched alkanes of at least 4 members (excludes halogenated alkanes) is 6. The second-order valence-corrected chi connectivity index (χ2v) is 6.31. The Kier molecular flexibility index (Phi) is 7.98. The molecule has 0 saturated carbocycles. The van der Waals surface area contributed by atoms with E-state index in [1.807, 2.05) is 18.3 Å². The maximum Gasteiger partial charge on any atom is 0.116 e. The summed E-state index contributed by atoms with van der Waals surface area (Å²) in [6.45, 7) is 2.91. The third kappa shape index (κ3) is 6.24. The van der Waals surface area contributed by atoms with E-state index in [0.29, 0.717) is 5.75 Å². The van der Waals surface area contributed by atoms with Gasteiger partial charge in [-0.1, -0.05) is 32.1 Å². The first-order chi connectivity index (χ1) is 11.3. The third-order valence-corrected chi connectivity index (χ3v) is 4.38. The molecule has 0 amide bonds. The van der Waals surface area contributed by atoms with Crippen LogP contribution in [0.5, 0.6) is 5.75 Å².